The summed E-state index contributed by atoms with van der Waals surface area (Å²) in [6, 6.07) is 9.26. The molecule has 3 aliphatic carbocycles. The first-order valence-corrected chi connectivity index (χ1v) is 8.41. The highest BCUT2D eigenvalue weighted by molar-refractivity contribution is 5.85. The molecule has 2 atom stereocenters. The zero-order chi connectivity index (χ0) is 15.5. The number of para-hydroxylation sites is 1. The number of hydrogen-bond acceptors (Lipinski definition) is 2. The Morgan fingerprint density at radius 1 is 1.36 bits per heavy atom. The van der Waals surface area contributed by atoms with Gasteiger partial charge in [-0.25, -0.2) is 0 Å². The lowest BCUT2D eigenvalue weighted by Crippen LogP contribution is -2.66. The zero-order valence-electron chi connectivity index (χ0n) is 13.8. The number of nitrogens with two attached hydrogens (primary N) is 1. The quantitative estimate of drug-likeness (QED) is 0.915. The fraction of sp³-hybridized carbons (Fsp3) is 0.579. The van der Waals surface area contributed by atoms with Crippen LogP contribution in [-0.4, -0.2) is 18.2 Å². The SMILES string of the molecule is COCc1c(C)n([C@H](C)C23CC(C2)C3CN)c2ccccc12. The first kappa shape index (κ1) is 14.3. The Bertz CT molecular complexity index is 712. The minimum atomic E-state index is 0.441. The second kappa shape index (κ2) is 4.84. The van der Waals surface area contributed by atoms with Crippen LogP contribution in [0.3, 0.4) is 0 Å². The van der Waals surface area contributed by atoms with E-state index in [0.29, 0.717) is 18.1 Å². The van der Waals surface area contributed by atoms with Crippen molar-refractivity contribution in [3.63, 3.8) is 0 Å². The molecule has 0 spiro atoms. The van der Waals surface area contributed by atoms with Crippen LogP contribution in [-0.2, 0) is 11.3 Å². The molecule has 5 rings (SSSR count). The third-order valence-corrected chi connectivity index (χ3v) is 6.64. The van der Waals surface area contributed by atoms with Crippen molar-refractivity contribution in [1.82, 2.24) is 4.57 Å². The molecule has 2 bridgehead atoms. The predicted octanol–water partition coefficient (Wildman–Crippen LogP) is 3.64. The molecule has 0 amide bonds. The molecule has 0 saturated heterocycles. The Kier molecular flexibility index (Phi) is 3.14. The number of nitrogens with zero attached hydrogens (tertiary/aromatic N) is 1. The van der Waals surface area contributed by atoms with Crippen molar-refractivity contribution in [3.05, 3.63) is 35.5 Å². The maximum atomic E-state index is 6.03. The molecule has 3 fully saturated rings. The number of aromatic nitrogens is 1. The molecule has 3 nitrogen and oxygen atoms in total. The molecular weight excluding hydrogens is 272 g/mol. The van der Waals surface area contributed by atoms with Crippen LogP contribution in [0.2, 0.25) is 0 Å². The second-order valence-corrected chi connectivity index (χ2v) is 7.30. The van der Waals surface area contributed by atoms with Crippen LogP contribution in [0.5, 0.6) is 0 Å². The van der Waals surface area contributed by atoms with E-state index in [4.69, 9.17) is 10.5 Å². The Morgan fingerprint density at radius 2 is 2.09 bits per heavy atom. The van der Waals surface area contributed by atoms with Crippen LogP contribution in [0.15, 0.2) is 24.3 Å². The summed E-state index contributed by atoms with van der Waals surface area (Å²) in [5, 5.41) is 1.34. The van der Waals surface area contributed by atoms with Crippen molar-refractivity contribution in [2.45, 2.75) is 39.3 Å². The van der Waals surface area contributed by atoms with Gasteiger partial charge in [-0.1, -0.05) is 18.2 Å². The van der Waals surface area contributed by atoms with E-state index in [2.05, 4.69) is 42.7 Å². The zero-order valence-corrected chi connectivity index (χ0v) is 13.8. The molecule has 0 radical (unpaired) electrons. The van der Waals surface area contributed by atoms with Crippen molar-refractivity contribution >= 4 is 10.9 Å². The summed E-state index contributed by atoms with van der Waals surface area (Å²) in [6.45, 7) is 6.17. The molecule has 22 heavy (non-hydrogen) atoms. The van der Waals surface area contributed by atoms with Gasteiger partial charge in [-0.3, -0.25) is 0 Å². The van der Waals surface area contributed by atoms with Gasteiger partial charge in [0.05, 0.1) is 6.61 Å². The van der Waals surface area contributed by atoms with Crippen LogP contribution in [0.1, 0.15) is 37.1 Å². The van der Waals surface area contributed by atoms with Gasteiger partial charge in [0, 0.05) is 35.3 Å². The maximum absolute atomic E-state index is 6.03. The smallest absolute Gasteiger partial charge is 0.0736 e. The number of rotatable bonds is 5. The molecule has 2 N–H and O–H groups in total. The van der Waals surface area contributed by atoms with E-state index in [9.17, 15) is 0 Å². The molecule has 2 aromatic rings. The van der Waals surface area contributed by atoms with Gasteiger partial charge in [0.2, 0.25) is 0 Å². The molecule has 0 aliphatic heterocycles. The molecule has 1 aromatic carbocycles. The van der Waals surface area contributed by atoms with E-state index < -0.39 is 0 Å². The third-order valence-electron chi connectivity index (χ3n) is 6.64. The molecule has 3 heteroatoms. The Balaban J connectivity index is 1.83. The highest BCUT2D eigenvalue weighted by Crippen LogP contribution is 2.73. The van der Waals surface area contributed by atoms with Crippen molar-refractivity contribution in [2.24, 2.45) is 23.0 Å². The summed E-state index contributed by atoms with van der Waals surface area (Å²) in [5.74, 6) is 1.63. The lowest BCUT2D eigenvalue weighted by molar-refractivity contribution is -0.211. The molecule has 3 aliphatic rings. The van der Waals surface area contributed by atoms with E-state index in [0.717, 1.165) is 18.4 Å². The fourth-order valence-corrected chi connectivity index (χ4v) is 5.27. The van der Waals surface area contributed by atoms with Gasteiger partial charge in [0.25, 0.3) is 0 Å². The number of ether oxygens (including phenoxy) is 1. The van der Waals surface area contributed by atoms with Gasteiger partial charge in [-0.05, 0) is 56.6 Å². The minimum absolute atomic E-state index is 0.441. The average molecular weight is 298 g/mol. The summed E-state index contributed by atoms with van der Waals surface area (Å²) < 4.78 is 8.01. The highest BCUT2D eigenvalue weighted by atomic mass is 16.5. The normalized spacial score (nSPS) is 30.9. The van der Waals surface area contributed by atoms with Crippen molar-refractivity contribution < 1.29 is 4.74 Å². The largest absolute Gasteiger partial charge is 0.380 e. The van der Waals surface area contributed by atoms with Gasteiger partial charge >= 0.3 is 0 Å². The van der Waals surface area contributed by atoms with E-state index in [1.165, 1.54) is 35.0 Å². The monoisotopic (exact) mass is 298 g/mol. The molecule has 1 heterocycles. The van der Waals surface area contributed by atoms with Crippen molar-refractivity contribution in [2.75, 3.05) is 13.7 Å². The summed E-state index contributed by atoms with van der Waals surface area (Å²) in [6.07, 6.45) is 2.73. The molecule has 3 saturated carbocycles. The Labute approximate surface area is 132 Å². The highest BCUT2D eigenvalue weighted by Gasteiger charge is 2.67. The van der Waals surface area contributed by atoms with E-state index >= 15 is 0 Å². The first-order valence-electron chi connectivity index (χ1n) is 8.41. The van der Waals surface area contributed by atoms with Crippen molar-refractivity contribution in [1.29, 1.82) is 0 Å². The maximum Gasteiger partial charge on any atom is 0.0736 e. The lowest BCUT2D eigenvalue weighted by Gasteiger charge is -2.71. The Hall–Kier alpha value is -1.32. The number of fused-ring (bicyclic) bond motifs is 1. The minimum Gasteiger partial charge on any atom is -0.380 e. The van der Waals surface area contributed by atoms with Crippen LogP contribution in [0, 0.1) is 24.2 Å². The van der Waals surface area contributed by atoms with Gasteiger partial charge in [0.1, 0.15) is 0 Å². The van der Waals surface area contributed by atoms with Gasteiger partial charge < -0.3 is 15.0 Å². The molecular formula is C19H26N2O. The van der Waals surface area contributed by atoms with Crippen LogP contribution >= 0.6 is 0 Å². The van der Waals surface area contributed by atoms with E-state index in [1.54, 1.807) is 7.11 Å². The van der Waals surface area contributed by atoms with Crippen LogP contribution in [0.25, 0.3) is 10.9 Å². The molecule has 1 unspecified atom stereocenters. The molecule has 118 valence electrons. The van der Waals surface area contributed by atoms with Crippen LogP contribution in [0.4, 0.5) is 0 Å². The standard InChI is InChI=1S/C19H26N2O/c1-12-16(11-22-3)15-6-4-5-7-18(15)21(12)13(2)19-8-14(9-19)17(19)10-20/h4-7,13-14,17H,8-11,20H2,1-3H3/t13-,14?,17?,19?/m1/s1. The van der Waals surface area contributed by atoms with Gasteiger partial charge in [-0.15, -0.1) is 0 Å². The first-order chi connectivity index (χ1) is 10.6. The average Bonchev–Trinajstić information content (AvgIpc) is 2.70. The number of methoxy groups -OCH3 is 1. The summed E-state index contributed by atoms with van der Waals surface area (Å²) >= 11 is 0. The third kappa shape index (κ3) is 1.59. The van der Waals surface area contributed by atoms with E-state index in [-0.39, 0.29) is 0 Å². The van der Waals surface area contributed by atoms with Gasteiger partial charge in [-0.2, -0.15) is 0 Å². The summed E-state index contributed by atoms with van der Waals surface area (Å²) in [4.78, 5) is 0. The fourth-order valence-electron chi connectivity index (χ4n) is 5.27. The predicted molar refractivity (Wildman–Crippen MR) is 89.8 cm³/mol. The summed E-state index contributed by atoms with van der Waals surface area (Å²) in [5.41, 5.74) is 10.5. The number of hydrogen-bond donors (Lipinski definition) is 1. The van der Waals surface area contributed by atoms with Crippen LogP contribution < -0.4 is 5.73 Å². The Morgan fingerprint density at radius 3 is 2.68 bits per heavy atom. The lowest BCUT2D eigenvalue weighted by atomic mass is 9.35. The van der Waals surface area contributed by atoms with E-state index in [1.807, 2.05) is 0 Å². The van der Waals surface area contributed by atoms with Gasteiger partial charge in [0.15, 0.2) is 0 Å². The van der Waals surface area contributed by atoms with Crippen molar-refractivity contribution in [3.8, 4) is 0 Å². The number of benzene rings is 1. The molecule has 1 aromatic heterocycles. The topological polar surface area (TPSA) is 40.2 Å². The second-order valence-electron chi connectivity index (χ2n) is 7.30. The summed E-state index contributed by atoms with van der Waals surface area (Å²) in [7, 11) is 1.78.